The molecule has 0 aliphatic carbocycles. The second kappa shape index (κ2) is 3.38. The van der Waals surface area contributed by atoms with Crippen LogP contribution in [0.2, 0.25) is 0 Å². The maximum Gasteiger partial charge on any atom is 0.0466 e. The predicted octanol–water partition coefficient (Wildman–Crippen LogP) is 0.940. The zero-order valence-electron chi connectivity index (χ0n) is 5.44. The summed E-state index contributed by atoms with van der Waals surface area (Å²) in [6, 6.07) is 0. The fraction of sp³-hybridized carbons (Fsp3) is 0.500. The van der Waals surface area contributed by atoms with Gasteiger partial charge in [0.25, 0.3) is 0 Å². The Balaban J connectivity index is 3.70. The molecule has 0 amide bonds. The Hall–Kier alpha value is -0.630. The third kappa shape index (κ3) is 3.56. The lowest BCUT2D eigenvalue weighted by Gasteiger charge is -1.91. The van der Waals surface area contributed by atoms with Crippen LogP contribution in [0.5, 0.6) is 0 Å². The van der Waals surface area contributed by atoms with Crippen LogP contribution in [0.1, 0.15) is 13.8 Å². The van der Waals surface area contributed by atoms with E-state index >= 15 is 0 Å². The molecule has 0 fully saturated rings. The number of nitrogens with zero attached hydrogens (tertiary/aromatic N) is 1. The van der Waals surface area contributed by atoms with Crippen LogP contribution in [0, 0.1) is 0 Å². The summed E-state index contributed by atoms with van der Waals surface area (Å²) in [6.07, 6.45) is 0. The standard InChI is InChI=1S/C6H12N2/c1-5(2)8-6(3)4-7/h3-4,7H2,1-2H3. The summed E-state index contributed by atoms with van der Waals surface area (Å²) in [5.41, 5.74) is 6.95. The number of nitrogens with two attached hydrogens (primary N) is 1. The summed E-state index contributed by atoms with van der Waals surface area (Å²) in [7, 11) is 0. The molecule has 0 heterocycles. The average Bonchev–Trinajstić information content (AvgIpc) is 1.65. The van der Waals surface area contributed by atoms with Crippen molar-refractivity contribution in [3.63, 3.8) is 0 Å². The van der Waals surface area contributed by atoms with Gasteiger partial charge in [0.1, 0.15) is 0 Å². The van der Waals surface area contributed by atoms with Gasteiger partial charge in [-0.1, -0.05) is 6.58 Å². The Kier molecular flexibility index (Phi) is 3.12. The van der Waals surface area contributed by atoms with E-state index in [-0.39, 0.29) is 0 Å². The van der Waals surface area contributed by atoms with Crippen molar-refractivity contribution in [3.05, 3.63) is 12.3 Å². The molecule has 8 heavy (non-hydrogen) atoms. The lowest BCUT2D eigenvalue weighted by Crippen LogP contribution is -2.00. The molecule has 46 valence electrons. The zero-order chi connectivity index (χ0) is 6.57. The van der Waals surface area contributed by atoms with E-state index < -0.39 is 0 Å². The Morgan fingerprint density at radius 1 is 1.62 bits per heavy atom. The fourth-order valence-corrected chi connectivity index (χ4v) is 0.362. The van der Waals surface area contributed by atoms with E-state index in [2.05, 4.69) is 11.6 Å². The Bertz CT molecular complexity index is 110. The quantitative estimate of drug-likeness (QED) is 0.530. The molecule has 0 unspecified atom stereocenters. The summed E-state index contributed by atoms with van der Waals surface area (Å²) in [4.78, 5) is 3.99. The number of aliphatic imine (C=N–C) groups is 1. The van der Waals surface area contributed by atoms with Crippen molar-refractivity contribution in [1.29, 1.82) is 0 Å². The van der Waals surface area contributed by atoms with Crippen LogP contribution in [-0.2, 0) is 0 Å². The Morgan fingerprint density at radius 2 is 2.12 bits per heavy atom. The van der Waals surface area contributed by atoms with Crippen molar-refractivity contribution in [1.82, 2.24) is 0 Å². The monoisotopic (exact) mass is 112 g/mol. The van der Waals surface area contributed by atoms with E-state index in [0.717, 1.165) is 11.4 Å². The molecule has 0 aliphatic heterocycles. The maximum absolute atomic E-state index is 5.21. The minimum absolute atomic E-state index is 0.450. The second-order valence-corrected chi connectivity index (χ2v) is 1.83. The fourth-order valence-electron chi connectivity index (χ4n) is 0.362. The minimum Gasteiger partial charge on any atom is -0.325 e. The van der Waals surface area contributed by atoms with E-state index in [1.807, 2.05) is 13.8 Å². The second-order valence-electron chi connectivity index (χ2n) is 1.83. The van der Waals surface area contributed by atoms with Crippen molar-refractivity contribution >= 4 is 5.71 Å². The number of rotatable bonds is 2. The van der Waals surface area contributed by atoms with Crippen LogP contribution in [0.25, 0.3) is 0 Å². The summed E-state index contributed by atoms with van der Waals surface area (Å²) in [5.74, 6) is 0. The van der Waals surface area contributed by atoms with Gasteiger partial charge < -0.3 is 5.73 Å². The lowest BCUT2D eigenvalue weighted by atomic mass is 10.4. The van der Waals surface area contributed by atoms with Gasteiger partial charge in [-0.05, 0) is 13.8 Å². The van der Waals surface area contributed by atoms with Crippen LogP contribution < -0.4 is 5.73 Å². The molecule has 0 spiro atoms. The van der Waals surface area contributed by atoms with Crippen molar-refractivity contribution < 1.29 is 0 Å². The zero-order valence-corrected chi connectivity index (χ0v) is 5.44. The van der Waals surface area contributed by atoms with Gasteiger partial charge in [-0.3, -0.25) is 4.99 Å². The van der Waals surface area contributed by atoms with E-state index in [0.29, 0.717) is 6.54 Å². The van der Waals surface area contributed by atoms with Crippen LogP contribution in [-0.4, -0.2) is 12.3 Å². The highest BCUT2D eigenvalue weighted by Crippen LogP contribution is 1.87. The number of hydrogen-bond acceptors (Lipinski definition) is 2. The van der Waals surface area contributed by atoms with E-state index in [4.69, 9.17) is 5.73 Å². The van der Waals surface area contributed by atoms with Crippen LogP contribution >= 0.6 is 0 Å². The molecule has 0 saturated heterocycles. The summed E-state index contributed by atoms with van der Waals surface area (Å²) in [5, 5.41) is 0. The van der Waals surface area contributed by atoms with Gasteiger partial charge in [-0.2, -0.15) is 0 Å². The third-order valence-corrected chi connectivity index (χ3v) is 0.617. The predicted molar refractivity (Wildman–Crippen MR) is 37.0 cm³/mol. The van der Waals surface area contributed by atoms with Gasteiger partial charge in [0.15, 0.2) is 0 Å². The highest BCUT2D eigenvalue weighted by molar-refractivity contribution is 5.80. The maximum atomic E-state index is 5.21. The first-order valence-corrected chi connectivity index (χ1v) is 2.56. The first-order valence-electron chi connectivity index (χ1n) is 2.56. The largest absolute Gasteiger partial charge is 0.325 e. The summed E-state index contributed by atoms with van der Waals surface area (Å²) >= 11 is 0. The molecule has 0 aliphatic rings. The molecule has 0 aromatic heterocycles. The van der Waals surface area contributed by atoms with Crippen molar-refractivity contribution in [2.24, 2.45) is 10.7 Å². The van der Waals surface area contributed by atoms with Crippen LogP contribution in [0.4, 0.5) is 0 Å². The molecule has 2 nitrogen and oxygen atoms in total. The molecular formula is C6H12N2. The number of hydrogen-bond donors (Lipinski definition) is 1. The SMILES string of the molecule is C=C(CN)N=C(C)C. The molecular weight excluding hydrogens is 100 g/mol. The van der Waals surface area contributed by atoms with Gasteiger partial charge in [-0.15, -0.1) is 0 Å². The first kappa shape index (κ1) is 7.37. The molecule has 0 radical (unpaired) electrons. The summed E-state index contributed by atoms with van der Waals surface area (Å²) in [6.45, 7) is 7.89. The molecule has 2 heteroatoms. The third-order valence-electron chi connectivity index (χ3n) is 0.617. The van der Waals surface area contributed by atoms with Gasteiger partial charge in [0.2, 0.25) is 0 Å². The molecule has 0 rings (SSSR count). The average molecular weight is 112 g/mol. The van der Waals surface area contributed by atoms with Gasteiger partial charge in [0, 0.05) is 18.0 Å². The lowest BCUT2D eigenvalue weighted by molar-refractivity contribution is 1.11. The van der Waals surface area contributed by atoms with E-state index in [9.17, 15) is 0 Å². The molecule has 2 N–H and O–H groups in total. The molecule has 0 aromatic rings. The van der Waals surface area contributed by atoms with Crippen molar-refractivity contribution in [2.45, 2.75) is 13.8 Å². The van der Waals surface area contributed by atoms with Crippen molar-refractivity contribution in [3.8, 4) is 0 Å². The van der Waals surface area contributed by atoms with Crippen molar-refractivity contribution in [2.75, 3.05) is 6.54 Å². The minimum atomic E-state index is 0.450. The van der Waals surface area contributed by atoms with Gasteiger partial charge >= 0.3 is 0 Å². The topological polar surface area (TPSA) is 38.4 Å². The van der Waals surface area contributed by atoms with Gasteiger partial charge in [-0.25, -0.2) is 0 Å². The normalized spacial score (nSPS) is 8.38. The first-order chi connectivity index (χ1) is 3.66. The summed E-state index contributed by atoms with van der Waals surface area (Å²) < 4.78 is 0. The Morgan fingerprint density at radius 3 is 2.25 bits per heavy atom. The molecule has 0 atom stereocenters. The Labute approximate surface area is 50.1 Å². The molecule has 0 aromatic carbocycles. The van der Waals surface area contributed by atoms with Crippen LogP contribution in [0.3, 0.4) is 0 Å². The van der Waals surface area contributed by atoms with E-state index in [1.165, 1.54) is 0 Å². The smallest absolute Gasteiger partial charge is 0.0466 e. The van der Waals surface area contributed by atoms with Gasteiger partial charge in [0.05, 0.1) is 0 Å². The molecule has 0 bridgehead atoms. The molecule has 0 saturated carbocycles. The van der Waals surface area contributed by atoms with E-state index in [1.54, 1.807) is 0 Å². The highest BCUT2D eigenvalue weighted by atomic mass is 14.8. The van der Waals surface area contributed by atoms with Crippen LogP contribution in [0.15, 0.2) is 17.3 Å². The highest BCUT2D eigenvalue weighted by Gasteiger charge is 1.81.